The van der Waals surface area contributed by atoms with Gasteiger partial charge in [-0.3, -0.25) is 0 Å². The number of nitrogens with two attached hydrogens (primary N) is 1. The molecule has 0 aliphatic heterocycles. The molecule has 1 aliphatic carbocycles. The van der Waals surface area contributed by atoms with Gasteiger partial charge in [0.05, 0.1) is 0 Å². The molecule has 0 amide bonds. The lowest BCUT2D eigenvalue weighted by atomic mass is 10.2. The van der Waals surface area contributed by atoms with Crippen molar-refractivity contribution in [2.75, 3.05) is 24.9 Å². The first-order valence-corrected chi connectivity index (χ1v) is 8.68. The number of rotatable bonds is 6. The van der Waals surface area contributed by atoms with Crippen molar-refractivity contribution >= 4 is 19.9 Å². The zero-order chi connectivity index (χ0) is 12.6. The summed E-state index contributed by atoms with van der Waals surface area (Å²) in [6.45, 7) is 0.226. The van der Waals surface area contributed by atoms with Crippen molar-refractivity contribution in [1.82, 2.24) is 4.31 Å². The predicted octanol–water partition coefficient (Wildman–Crippen LogP) is -1.01. The first-order chi connectivity index (χ1) is 7.17. The highest BCUT2D eigenvalue weighted by atomic mass is 32.3. The SMILES string of the molecule is CN(C(CN)C1CC1)S(=O)(=O)CS(C)(=O)=O. The van der Waals surface area contributed by atoms with Crippen molar-refractivity contribution in [1.29, 1.82) is 0 Å². The molecule has 0 aromatic rings. The molecule has 96 valence electrons. The highest BCUT2D eigenvalue weighted by Crippen LogP contribution is 2.35. The van der Waals surface area contributed by atoms with Gasteiger partial charge in [-0.25, -0.2) is 16.8 Å². The van der Waals surface area contributed by atoms with E-state index in [1.54, 1.807) is 0 Å². The van der Waals surface area contributed by atoms with Crippen molar-refractivity contribution in [2.45, 2.75) is 18.9 Å². The van der Waals surface area contributed by atoms with E-state index >= 15 is 0 Å². The number of sulfonamides is 1. The summed E-state index contributed by atoms with van der Waals surface area (Å²) in [4.78, 5) is 0. The van der Waals surface area contributed by atoms with Gasteiger partial charge in [-0.15, -0.1) is 0 Å². The van der Waals surface area contributed by atoms with Crippen molar-refractivity contribution < 1.29 is 16.8 Å². The Morgan fingerprint density at radius 3 is 2.12 bits per heavy atom. The van der Waals surface area contributed by atoms with Crippen LogP contribution in [0.5, 0.6) is 0 Å². The molecule has 0 bridgehead atoms. The molecule has 16 heavy (non-hydrogen) atoms. The quantitative estimate of drug-likeness (QED) is 0.667. The Bertz CT molecular complexity index is 439. The molecule has 0 aromatic carbocycles. The fraction of sp³-hybridized carbons (Fsp3) is 1.00. The predicted molar refractivity (Wildman–Crippen MR) is 62.0 cm³/mol. The highest BCUT2D eigenvalue weighted by molar-refractivity contribution is 8.06. The third kappa shape index (κ3) is 3.69. The monoisotopic (exact) mass is 270 g/mol. The number of nitrogens with zero attached hydrogens (tertiary/aromatic N) is 1. The van der Waals surface area contributed by atoms with Gasteiger partial charge in [-0.05, 0) is 18.8 Å². The molecule has 8 heteroatoms. The molecule has 1 unspecified atom stereocenters. The molecule has 0 radical (unpaired) electrons. The first-order valence-electron chi connectivity index (χ1n) is 5.01. The zero-order valence-corrected chi connectivity index (χ0v) is 11.1. The summed E-state index contributed by atoms with van der Waals surface area (Å²) in [6, 6.07) is -0.272. The molecule has 1 rings (SSSR count). The van der Waals surface area contributed by atoms with Crippen LogP contribution in [0.4, 0.5) is 0 Å². The zero-order valence-electron chi connectivity index (χ0n) is 9.46. The highest BCUT2D eigenvalue weighted by Gasteiger charge is 2.38. The number of likely N-dealkylation sites (N-methyl/N-ethyl adjacent to an activating group) is 1. The summed E-state index contributed by atoms with van der Waals surface area (Å²) in [5.74, 6) is 0.282. The molecule has 0 heterocycles. The minimum atomic E-state index is -3.77. The number of hydrogen-bond acceptors (Lipinski definition) is 5. The minimum absolute atomic E-state index is 0.226. The van der Waals surface area contributed by atoms with Crippen LogP contribution >= 0.6 is 0 Å². The topological polar surface area (TPSA) is 97.5 Å². The normalized spacial score (nSPS) is 20.0. The van der Waals surface area contributed by atoms with Crippen molar-refractivity contribution in [2.24, 2.45) is 11.7 Å². The van der Waals surface area contributed by atoms with Crippen LogP contribution in [0, 0.1) is 5.92 Å². The lowest BCUT2D eigenvalue weighted by molar-refractivity contribution is 0.342. The third-order valence-corrected chi connectivity index (χ3v) is 6.73. The first kappa shape index (κ1) is 13.9. The van der Waals surface area contributed by atoms with Crippen molar-refractivity contribution in [3.05, 3.63) is 0 Å². The van der Waals surface area contributed by atoms with Gasteiger partial charge in [0.2, 0.25) is 10.0 Å². The van der Waals surface area contributed by atoms with E-state index in [1.807, 2.05) is 0 Å². The van der Waals surface area contributed by atoms with E-state index in [-0.39, 0.29) is 18.5 Å². The van der Waals surface area contributed by atoms with Gasteiger partial charge in [-0.2, -0.15) is 4.31 Å². The van der Waals surface area contributed by atoms with Gasteiger partial charge in [0.25, 0.3) is 0 Å². The molecule has 2 N–H and O–H groups in total. The average molecular weight is 270 g/mol. The molecule has 6 nitrogen and oxygen atoms in total. The van der Waals surface area contributed by atoms with Crippen LogP contribution in [0.25, 0.3) is 0 Å². The molecular formula is C8H18N2O4S2. The van der Waals surface area contributed by atoms with Gasteiger partial charge in [0.15, 0.2) is 14.9 Å². The number of sulfone groups is 1. The van der Waals surface area contributed by atoms with E-state index in [4.69, 9.17) is 5.73 Å². The van der Waals surface area contributed by atoms with E-state index in [0.29, 0.717) is 0 Å². The van der Waals surface area contributed by atoms with E-state index in [1.165, 1.54) is 7.05 Å². The van der Waals surface area contributed by atoms with Crippen LogP contribution < -0.4 is 5.73 Å². The lowest BCUT2D eigenvalue weighted by Crippen LogP contribution is -2.45. The molecular weight excluding hydrogens is 252 g/mol. The fourth-order valence-electron chi connectivity index (χ4n) is 1.68. The molecule has 1 atom stereocenters. The van der Waals surface area contributed by atoms with Crippen LogP contribution in [-0.2, 0) is 19.9 Å². The molecule has 1 saturated carbocycles. The Labute approximate surface area is 96.8 Å². The summed E-state index contributed by atoms with van der Waals surface area (Å²) in [5.41, 5.74) is 5.52. The van der Waals surface area contributed by atoms with Gasteiger partial charge in [-0.1, -0.05) is 0 Å². The molecule has 0 aromatic heterocycles. The summed E-state index contributed by atoms with van der Waals surface area (Å²) < 4.78 is 46.7. The van der Waals surface area contributed by atoms with Crippen LogP contribution in [-0.4, -0.2) is 52.1 Å². The largest absolute Gasteiger partial charge is 0.329 e. The van der Waals surface area contributed by atoms with Crippen LogP contribution in [0.3, 0.4) is 0 Å². The third-order valence-electron chi connectivity index (χ3n) is 2.68. The molecule has 1 fully saturated rings. The van der Waals surface area contributed by atoms with Gasteiger partial charge >= 0.3 is 0 Å². The standard InChI is InChI=1S/C8H18N2O4S2/c1-10(8(5-9)7-3-4-7)16(13,14)6-15(2,11)12/h7-8H,3-6,9H2,1-2H3. The van der Waals surface area contributed by atoms with Crippen LogP contribution in [0.1, 0.15) is 12.8 Å². The molecule has 0 spiro atoms. The van der Waals surface area contributed by atoms with Gasteiger partial charge in [0, 0.05) is 25.9 Å². The summed E-state index contributed by atoms with van der Waals surface area (Å²) in [7, 11) is -5.91. The summed E-state index contributed by atoms with van der Waals surface area (Å²) >= 11 is 0. The van der Waals surface area contributed by atoms with Crippen molar-refractivity contribution in [3.63, 3.8) is 0 Å². The smallest absolute Gasteiger partial charge is 0.228 e. The number of hydrogen-bond donors (Lipinski definition) is 1. The van der Waals surface area contributed by atoms with E-state index in [9.17, 15) is 16.8 Å². The average Bonchev–Trinajstić information content (AvgIpc) is 2.84. The van der Waals surface area contributed by atoms with Gasteiger partial charge in [0.1, 0.15) is 0 Å². The van der Waals surface area contributed by atoms with Gasteiger partial charge < -0.3 is 5.73 Å². The van der Waals surface area contributed by atoms with E-state index in [2.05, 4.69) is 0 Å². The Kier molecular flexibility index (Phi) is 3.99. The Balaban J connectivity index is 2.82. The Morgan fingerprint density at radius 1 is 1.31 bits per heavy atom. The fourth-order valence-corrected chi connectivity index (χ4v) is 5.18. The van der Waals surface area contributed by atoms with E-state index in [0.717, 1.165) is 23.4 Å². The second-order valence-corrected chi connectivity index (χ2v) is 8.85. The molecule has 0 saturated heterocycles. The maximum absolute atomic E-state index is 11.8. The summed E-state index contributed by atoms with van der Waals surface area (Å²) in [5, 5.41) is -0.848. The van der Waals surface area contributed by atoms with Crippen LogP contribution in [0.2, 0.25) is 0 Å². The summed E-state index contributed by atoms with van der Waals surface area (Å²) in [6.07, 6.45) is 2.83. The van der Waals surface area contributed by atoms with E-state index < -0.39 is 24.9 Å². The van der Waals surface area contributed by atoms with Crippen molar-refractivity contribution in [3.8, 4) is 0 Å². The maximum Gasteiger partial charge on any atom is 0.228 e. The lowest BCUT2D eigenvalue weighted by Gasteiger charge is -2.25. The Morgan fingerprint density at radius 2 is 1.81 bits per heavy atom. The molecule has 1 aliphatic rings. The Hall–Kier alpha value is -0.180. The maximum atomic E-state index is 11.8. The second kappa shape index (κ2) is 4.59. The minimum Gasteiger partial charge on any atom is -0.329 e. The van der Waals surface area contributed by atoms with Crippen LogP contribution in [0.15, 0.2) is 0 Å². The second-order valence-electron chi connectivity index (χ2n) is 4.31.